The maximum atomic E-state index is 13.0. The lowest BCUT2D eigenvalue weighted by molar-refractivity contribution is -0.142. The first-order chi connectivity index (χ1) is 12.7. The van der Waals surface area contributed by atoms with Gasteiger partial charge < -0.3 is 9.64 Å². The smallest absolute Gasteiger partial charge is 0.416 e. The second-order valence-corrected chi connectivity index (χ2v) is 5.94. The van der Waals surface area contributed by atoms with Gasteiger partial charge in [-0.25, -0.2) is 0 Å². The molecule has 0 atom stereocenters. The number of hydrogen-bond donors (Lipinski definition) is 0. The summed E-state index contributed by atoms with van der Waals surface area (Å²) in [5.41, 5.74) is 0.725. The number of carbonyl (C=O) groups is 2. The second-order valence-electron chi connectivity index (χ2n) is 5.94. The Morgan fingerprint density at radius 3 is 2.41 bits per heavy atom. The first-order valence-corrected chi connectivity index (χ1v) is 8.40. The van der Waals surface area contributed by atoms with Gasteiger partial charge in [0.15, 0.2) is 0 Å². The molecule has 0 saturated carbocycles. The molecule has 0 aliphatic rings. The average Bonchev–Trinajstić information content (AvgIpc) is 2.61. The Kier molecular flexibility index (Phi) is 6.60. The van der Waals surface area contributed by atoms with Crippen molar-refractivity contribution in [2.75, 3.05) is 18.1 Å². The number of esters is 1. The van der Waals surface area contributed by atoms with Crippen LogP contribution in [0.2, 0.25) is 0 Å². The molecule has 144 valence electrons. The third-order valence-electron chi connectivity index (χ3n) is 3.98. The van der Waals surface area contributed by atoms with Crippen molar-refractivity contribution in [3.05, 3.63) is 65.2 Å². The number of aryl methyl sites for hydroxylation is 1. The topological polar surface area (TPSA) is 46.6 Å². The Labute approximate surface area is 155 Å². The van der Waals surface area contributed by atoms with Gasteiger partial charge in [0, 0.05) is 5.69 Å². The monoisotopic (exact) mass is 379 g/mol. The Balaban J connectivity index is 2.35. The number of anilines is 1. The standard InChI is InChI=1S/C20H20F3NO3/c1-3-27-19(26)13-24(17-10-6-9-16(12-17)20(21,22)23)18(25)11-15-8-5-4-7-14(15)2/h4-10,12H,3,11,13H2,1-2H3. The summed E-state index contributed by atoms with van der Waals surface area (Å²) in [6.45, 7) is 3.10. The Bertz CT molecular complexity index is 818. The summed E-state index contributed by atoms with van der Waals surface area (Å²) >= 11 is 0. The highest BCUT2D eigenvalue weighted by Crippen LogP contribution is 2.31. The van der Waals surface area contributed by atoms with Crippen molar-refractivity contribution in [2.45, 2.75) is 26.4 Å². The molecule has 4 nitrogen and oxygen atoms in total. The van der Waals surface area contributed by atoms with Crippen LogP contribution in [0.3, 0.4) is 0 Å². The molecule has 2 aromatic rings. The molecule has 0 bridgehead atoms. The number of halogens is 3. The third kappa shape index (κ3) is 5.57. The van der Waals surface area contributed by atoms with Crippen LogP contribution >= 0.6 is 0 Å². The van der Waals surface area contributed by atoms with Gasteiger partial charge >= 0.3 is 12.1 Å². The fraction of sp³-hybridized carbons (Fsp3) is 0.300. The van der Waals surface area contributed by atoms with Crippen LogP contribution in [-0.4, -0.2) is 25.0 Å². The van der Waals surface area contributed by atoms with E-state index in [1.165, 1.54) is 12.1 Å². The zero-order valence-corrected chi connectivity index (χ0v) is 15.0. The minimum Gasteiger partial charge on any atom is -0.465 e. The number of rotatable bonds is 6. The molecule has 0 saturated heterocycles. The molecule has 0 aromatic heterocycles. The van der Waals surface area contributed by atoms with Crippen LogP contribution in [0.15, 0.2) is 48.5 Å². The fourth-order valence-corrected chi connectivity index (χ4v) is 2.58. The van der Waals surface area contributed by atoms with Crippen LogP contribution in [0.4, 0.5) is 18.9 Å². The van der Waals surface area contributed by atoms with E-state index in [4.69, 9.17) is 4.74 Å². The van der Waals surface area contributed by atoms with Gasteiger partial charge in [0.25, 0.3) is 0 Å². The van der Waals surface area contributed by atoms with Crippen molar-refractivity contribution < 1.29 is 27.5 Å². The molecule has 0 N–H and O–H groups in total. The summed E-state index contributed by atoms with van der Waals surface area (Å²) in [4.78, 5) is 25.7. The van der Waals surface area contributed by atoms with Crippen molar-refractivity contribution in [1.29, 1.82) is 0 Å². The predicted octanol–water partition coefficient (Wildman–Crippen LogP) is 4.15. The number of amides is 1. The average molecular weight is 379 g/mol. The lowest BCUT2D eigenvalue weighted by Crippen LogP contribution is -2.37. The fourth-order valence-electron chi connectivity index (χ4n) is 2.58. The Hall–Kier alpha value is -2.83. The van der Waals surface area contributed by atoms with Crippen molar-refractivity contribution in [3.63, 3.8) is 0 Å². The third-order valence-corrected chi connectivity index (χ3v) is 3.98. The summed E-state index contributed by atoms with van der Waals surface area (Å²) in [5, 5.41) is 0. The molecule has 27 heavy (non-hydrogen) atoms. The first kappa shape index (κ1) is 20.5. The summed E-state index contributed by atoms with van der Waals surface area (Å²) in [6, 6.07) is 11.5. The van der Waals surface area contributed by atoms with Gasteiger partial charge in [-0.15, -0.1) is 0 Å². The number of hydrogen-bond acceptors (Lipinski definition) is 3. The van der Waals surface area contributed by atoms with E-state index in [9.17, 15) is 22.8 Å². The summed E-state index contributed by atoms with van der Waals surface area (Å²) in [5.74, 6) is -1.18. The number of carbonyl (C=O) groups excluding carboxylic acids is 2. The summed E-state index contributed by atoms with van der Waals surface area (Å²) in [6.07, 6.45) is -4.59. The summed E-state index contributed by atoms with van der Waals surface area (Å²) < 4.78 is 43.9. The van der Waals surface area contributed by atoms with E-state index in [1.54, 1.807) is 19.1 Å². The lowest BCUT2D eigenvalue weighted by Gasteiger charge is -2.23. The van der Waals surface area contributed by atoms with Crippen LogP contribution in [0.5, 0.6) is 0 Å². The molecule has 0 unspecified atom stereocenters. The van der Waals surface area contributed by atoms with Crippen LogP contribution in [0.1, 0.15) is 23.6 Å². The molecule has 7 heteroatoms. The highest BCUT2D eigenvalue weighted by molar-refractivity contribution is 5.99. The number of nitrogens with zero attached hydrogens (tertiary/aromatic N) is 1. The lowest BCUT2D eigenvalue weighted by atomic mass is 10.0. The van der Waals surface area contributed by atoms with Crippen molar-refractivity contribution in [2.24, 2.45) is 0 Å². The molecule has 0 aliphatic heterocycles. The molecular formula is C20H20F3NO3. The van der Waals surface area contributed by atoms with Gasteiger partial charge in [-0.1, -0.05) is 30.3 Å². The molecule has 0 radical (unpaired) electrons. The highest BCUT2D eigenvalue weighted by Gasteiger charge is 2.31. The number of ether oxygens (including phenoxy) is 1. The van der Waals surface area contributed by atoms with Gasteiger partial charge in [0.2, 0.25) is 5.91 Å². The maximum Gasteiger partial charge on any atom is 0.416 e. The maximum absolute atomic E-state index is 13.0. The SMILES string of the molecule is CCOC(=O)CN(C(=O)Cc1ccccc1C)c1cccc(C(F)(F)F)c1. The van der Waals surface area contributed by atoms with Gasteiger partial charge in [-0.2, -0.15) is 13.2 Å². The van der Waals surface area contributed by atoms with Crippen LogP contribution in [-0.2, 0) is 26.9 Å². The van der Waals surface area contributed by atoms with Crippen molar-refractivity contribution in [3.8, 4) is 0 Å². The van der Waals surface area contributed by atoms with E-state index in [1.807, 2.05) is 19.1 Å². The Morgan fingerprint density at radius 2 is 1.78 bits per heavy atom. The zero-order chi connectivity index (χ0) is 20.0. The quantitative estimate of drug-likeness (QED) is 0.709. The van der Waals surface area contributed by atoms with Gasteiger partial charge in [0.1, 0.15) is 6.54 Å². The van der Waals surface area contributed by atoms with E-state index in [-0.39, 0.29) is 18.7 Å². The largest absolute Gasteiger partial charge is 0.465 e. The molecule has 0 spiro atoms. The first-order valence-electron chi connectivity index (χ1n) is 8.40. The minimum absolute atomic E-state index is 0.00328. The molecule has 2 aromatic carbocycles. The van der Waals surface area contributed by atoms with E-state index in [0.29, 0.717) is 0 Å². The van der Waals surface area contributed by atoms with Gasteiger partial charge in [-0.05, 0) is 43.2 Å². The van der Waals surface area contributed by atoms with Crippen molar-refractivity contribution in [1.82, 2.24) is 0 Å². The van der Waals surface area contributed by atoms with Gasteiger partial charge in [0.05, 0.1) is 18.6 Å². The molecule has 2 rings (SSSR count). The second kappa shape index (κ2) is 8.70. The van der Waals surface area contributed by atoms with E-state index < -0.39 is 30.2 Å². The van der Waals surface area contributed by atoms with Crippen LogP contribution < -0.4 is 4.90 Å². The van der Waals surface area contributed by atoms with Gasteiger partial charge in [-0.3, -0.25) is 9.59 Å². The number of alkyl halides is 3. The zero-order valence-electron chi connectivity index (χ0n) is 15.0. The molecule has 0 aliphatic carbocycles. The summed E-state index contributed by atoms with van der Waals surface area (Å²) in [7, 11) is 0. The molecule has 1 amide bonds. The predicted molar refractivity (Wildman–Crippen MR) is 95.3 cm³/mol. The van der Waals surface area contributed by atoms with E-state index in [0.717, 1.165) is 28.2 Å². The molecular weight excluding hydrogens is 359 g/mol. The highest BCUT2D eigenvalue weighted by atomic mass is 19.4. The molecule has 0 heterocycles. The minimum atomic E-state index is -4.55. The normalized spacial score (nSPS) is 11.1. The number of benzene rings is 2. The van der Waals surface area contributed by atoms with Crippen LogP contribution in [0.25, 0.3) is 0 Å². The Morgan fingerprint density at radius 1 is 1.07 bits per heavy atom. The van der Waals surface area contributed by atoms with Crippen molar-refractivity contribution >= 4 is 17.6 Å². The molecule has 0 fully saturated rings. The van der Waals surface area contributed by atoms with E-state index >= 15 is 0 Å². The van der Waals surface area contributed by atoms with E-state index in [2.05, 4.69) is 0 Å². The van der Waals surface area contributed by atoms with Crippen LogP contribution in [0, 0.1) is 6.92 Å².